The highest BCUT2D eigenvalue weighted by atomic mass is 79.9. The molecule has 0 bridgehead atoms. The molecule has 0 atom stereocenters. The summed E-state index contributed by atoms with van der Waals surface area (Å²) in [6, 6.07) is 4.09. The van der Waals surface area contributed by atoms with Crippen LogP contribution >= 0.6 is 31.9 Å². The second-order valence-electron chi connectivity index (χ2n) is 6.09. The van der Waals surface area contributed by atoms with Crippen LogP contribution in [0, 0.1) is 5.41 Å². The summed E-state index contributed by atoms with van der Waals surface area (Å²) in [6.07, 6.45) is 0. The van der Waals surface area contributed by atoms with Crippen LogP contribution in [-0.4, -0.2) is 39.2 Å². The molecule has 1 aromatic carbocycles. The van der Waals surface area contributed by atoms with Crippen molar-refractivity contribution >= 4 is 31.9 Å². The first kappa shape index (κ1) is 18.0. The van der Waals surface area contributed by atoms with E-state index in [1.54, 1.807) is 7.11 Å². The van der Waals surface area contributed by atoms with E-state index >= 15 is 0 Å². The minimum Gasteiger partial charge on any atom is -0.495 e. The van der Waals surface area contributed by atoms with Crippen molar-refractivity contribution in [3.05, 3.63) is 26.6 Å². The smallest absolute Gasteiger partial charge is 0.137 e. The Morgan fingerprint density at radius 1 is 1.25 bits per heavy atom. The molecule has 0 saturated heterocycles. The van der Waals surface area contributed by atoms with E-state index in [9.17, 15) is 0 Å². The fourth-order valence-electron chi connectivity index (χ4n) is 2.42. The Hall–Kier alpha value is -0.100. The first-order valence-electron chi connectivity index (χ1n) is 6.62. The average Bonchev–Trinajstić information content (AvgIpc) is 2.26. The molecule has 5 heteroatoms. The van der Waals surface area contributed by atoms with Crippen LogP contribution in [0.4, 0.5) is 0 Å². The standard InChI is InChI=1S/C15H24Br2N2O/c1-15(2,10-19(3)4)9-18-8-11-6-12(16)7-13(17)14(11)20-5/h6-7,18H,8-10H2,1-5H3. The number of halogens is 2. The predicted molar refractivity (Wildman–Crippen MR) is 92.4 cm³/mol. The van der Waals surface area contributed by atoms with Gasteiger partial charge in [-0.05, 0) is 47.6 Å². The molecule has 0 aliphatic rings. The van der Waals surface area contributed by atoms with Crippen LogP contribution < -0.4 is 10.1 Å². The van der Waals surface area contributed by atoms with Crippen LogP contribution in [0.3, 0.4) is 0 Å². The molecule has 0 aliphatic carbocycles. The van der Waals surface area contributed by atoms with E-state index in [0.717, 1.165) is 39.9 Å². The fraction of sp³-hybridized carbons (Fsp3) is 0.600. The Morgan fingerprint density at radius 2 is 1.90 bits per heavy atom. The molecule has 0 radical (unpaired) electrons. The zero-order valence-electron chi connectivity index (χ0n) is 12.9. The molecule has 0 aliphatic heterocycles. The predicted octanol–water partition coefficient (Wildman–Crippen LogP) is 3.90. The summed E-state index contributed by atoms with van der Waals surface area (Å²) in [5.41, 5.74) is 1.38. The zero-order valence-corrected chi connectivity index (χ0v) is 16.1. The normalized spacial score (nSPS) is 12.0. The van der Waals surface area contributed by atoms with Gasteiger partial charge in [0.2, 0.25) is 0 Å². The van der Waals surface area contributed by atoms with Gasteiger partial charge in [-0.15, -0.1) is 0 Å². The van der Waals surface area contributed by atoms with Gasteiger partial charge >= 0.3 is 0 Å². The third-order valence-electron chi connectivity index (χ3n) is 2.95. The van der Waals surface area contributed by atoms with Gasteiger partial charge in [0.25, 0.3) is 0 Å². The number of rotatable bonds is 7. The number of nitrogens with zero attached hydrogens (tertiary/aromatic N) is 1. The van der Waals surface area contributed by atoms with Gasteiger partial charge in [-0.25, -0.2) is 0 Å². The van der Waals surface area contributed by atoms with Crippen LogP contribution in [0.25, 0.3) is 0 Å². The fourth-order valence-corrected chi connectivity index (χ4v) is 3.90. The average molecular weight is 408 g/mol. The lowest BCUT2D eigenvalue weighted by Gasteiger charge is -2.28. The number of nitrogens with one attached hydrogen (secondary N) is 1. The van der Waals surface area contributed by atoms with E-state index in [4.69, 9.17) is 4.74 Å². The molecule has 0 amide bonds. The molecule has 114 valence electrons. The van der Waals surface area contributed by atoms with E-state index in [-0.39, 0.29) is 5.41 Å². The summed E-state index contributed by atoms with van der Waals surface area (Å²) < 4.78 is 7.48. The molecule has 0 unspecified atom stereocenters. The quantitative estimate of drug-likeness (QED) is 0.741. The van der Waals surface area contributed by atoms with Gasteiger partial charge in [0, 0.05) is 29.7 Å². The Kier molecular flexibility index (Phi) is 6.98. The number of hydrogen-bond donors (Lipinski definition) is 1. The number of ether oxygens (including phenoxy) is 1. The van der Waals surface area contributed by atoms with E-state index in [0.29, 0.717) is 0 Å². The van der Waals surface area contributed by atoms with Crippen LogP contribution in [0.15, 0.2) is 21.1 Å². The van der Waals surface area contributed by atoms with Crippen LogP contribution in [-0.2, 0) is 6.54 Å². The van der Waals surface area contributed by atoms with Gasteiger partial charge in [0.1, 0.15) is 5.75 Å². The summed E-state index contributed by atoms with van der Waals surface area (Å²) in [6.45, 7) is 7.35. The zero-order chi connectivity index (χ0) is 15.3. The van der Waals surface area contributed by atoms with Crippen molar-refractivity contribution in [1.82, 2.24) is 10.2 Å². The third-order valence-corrected chi connectivity index (χ3v) is 4.00. The summed E-state index contributed by atoms with van der Waals surface area (Å²) in [5.74, 6) is 0.895. The molecule has 20 heavy (non-hydrogen) atoms. The van der Waals surface area contributed by atoms with Crippen molar-refractivity contribution in [2.45, 2.75) is 20.4 Å². The van der Waals surface area contributed by atoms with Crippen molar-refractivity contribution < 1.29 is 4.74 Å². The molecular formula is C15H24Br2N2O. The highest BCUT2D eigenvalue weighted by Gasteiger charge is 2.18. The lowest BCUT2D eigenvalue weighted by Crippen LogP contribution is -2.37. The molecule has 0 heterocycles. The SMILES string of the molecule is COc1c(Br)cc(Br)cc1CNCC(C)(C)CN(C)C. The van der Waals surface area contributed by atoms with Crippen LogP contribution in [0.5, 0.6) is 5.75 Å². The monoisotopic (exact) mass is 406 g/mol. The van der Waals surface area contributed by atoms with Gasteiger partial charge in [-0.3, -0.25) is 0 Å². The van der Waals surface area contributed by atoms with Gasteiger partial charge in [-0.2, -0.15) is 0 Å². The van der Waals surface area contributed by atoms with Gasteiger partial charge < -0.3 is 15.0 Å². The van der Waals surface area contributed by atoms with E-state index in [1.807, 2.05) is 6.07 Å². The maximum Gasteiger partial charge on any atom is 0.137 e. The second kappa shape index (κ2) is 7.78. The van der Waals surface area contributed by atoms with Crippen LogP contribution in [0.1, 0.15) is 19.4 Å². The second-order valence-corrected chi connectivity index (χ2v) is 7.86. The van der Waals surface area contributed by atoms with Gasteiger partial charge in [0.05, 0.1) is 11.6 Å². The van der Waals surface area contributed by atoms with E-state index < -0.39 is 0 Å². The van der Waals surface area contributed by atoms with Crippen molar-refractivity contribution in [2.75, 3.05) is 34.3 Å². The minimum atomic E-state index is 0.236. The molecule has 3 nitrogen and oxygen atoms in total. The Balaban J connectivity index is 2.66. The molecule has 0 spiro atoms. The van der Waals surface area contributed by atoms with Crippen molar-refractivity contribution in [3.63, 3.8) is 0 Å². The van der Waals surface area contributed by atoms with E-state index in [2.05, 4.69) is 76.1 Å². The Morgan fingerprint density at radius 3 is 2.45 bits per heavy atom. The summed E-state index contributed by atoms with van der Waals surface area (Å²) in [5, 5.41) is 3.53. The van der Waals surface area contributed by atoms with Crippen LogP contribution in [0.2, 0.25) is 0 Å². The van der Waals surface area contributed by atoms with E-state index in [1.165, 1.54) is 0 Å². The van der Waals surface area contributed by atoms with Gasteiger partial charge in [-0.1, -0.05) is 29.8 Å². The number of benzene rings is 1. The van der Waals surface area contributed by atoms with Crippen molar-refractivity contribution in [3.8, 4) is 5.75 Å². The molecule has 1 rings (SSSR count). The molecule has 0 fully saturated rings. The number of methoxy groups -OCH3 is 1. The lowest BCUT2D eigenvalue weighted by molar-refractivity contribution is 0.232. The van der Waals surface area contributed by atoms with Crippen molar-refractivity contribution in [1.29, 1.82) is 0 Å². The highest BCUT2D eigenvalue weighted by Crippen LogP contribution is 2.32. The molecular weight excluding hydrogens is 384 g/mol. The summed E-state index contributed by atoms with van der Waals surface area (Å²) in [4.78, 5) is 2.22. The summed E-state index contributed by atoms with van der Waals surface area (Å²) >= 11 is 7.05. The Labute approximate surface area is 139 Å². The van der Waals surface area contributed by atoms with Gasteiger partial charge in [0.15, 0.2) is 0 Å². The topological polar surface area (TPSA) is 24.5 Å². The molecule has 1 aromatic rings. The molecule has 0 saturated carbocycles. The van der Waals surface area contributed by atoms with Crippen molar-refractivity contribution in [2.24, 2.45) is 5.41 Å². The highest BCUT2D eigenvalue weighted by molar-refractivity contribution is 9.11. The largest absolute Gasteiger partial charge is 0.495 e. The third kappa shape index (κ3) is 5.72. The first-order valence-corrected chi connectivity index (χ1v) is 8.21. The first-order chi connectivity index (χ1) is 9.25. The Bertz CT molecular complexity index is 448. The number of hydrogen-bond acceptors (Lipinski definition) is 3. The molecule has 1 N–H and O–H groups in total. The summed E-state index contributed by atoms with van der Waals surface area (Å²) in [7, 11) is 5.92. The minimum absolute atomic E-state index is 0.236. The maximum absolute atomic E-state index is 5.46. The maximum atomic E-state index is 5.46. The lowest BCUT2D eigenvalue weighted by atomic mass is 9.93. The molecule has 0 aromatic heterocycles.